The van der Waals surface area contributed by atoms with Crippen molar-refractivity contribution in [2.45, 2.75) is 18.9 Å². The van der Waals surface area contributed by atoms with Crippen LogP contribution in [0.3, 0.4) is 0 Å². The van der Waals surface area contributed by atoms with Gasteiger partial charge in [-0.05, 0) is 41.8 Å². The number of methoxy groups -OCH3 is 1. The number of hydrogen-bond acceptors (Lipinski definition) is 3. The van der Waals surface area contributed by atoms with Gasteiger partial charge in [-0.25, -0.2) is 4.39 Å². The van der Waals surface area contributed by atoms with E-state index in [2.05, 4.69) is 5.32 Å². The summed E-state index contributed by atoms with van der Waals surface area (Å²) in [5, 5.41) is 2.78. The third-order valence-electron chi connectivity index (χ3n) is 4.48. The summed E-state index contributed by atoms with van der Waals surface area (Å²) >= 11 is 0. The van der Waals surface area contributed by atoms with Gasteiger partial charge in [0.2, 0.25) is 11.8 Å². The summed E-state index contributed by atoms with van der Waals surface area (Å²) in [6.07, 6.45) is 0.850. The summed E-state index contributed by atoms with van der Waals surface area (Å²) in [5.41, 5.74) is 1.61. The van der Waals surface area contributed by atoms with Gasteiger partial charge < -0.3 is 15.0 Å². The van der Waals surface area contributed by atoms with Crippen LogP contribution in [0, 0.1) is 5.82 Å². The summed E-state index contributed by atoms with van der Waals surface area (Å²) < 4.78 is 18.4. The summed E-state index contributed by atoms with van der Waals surface area (Å²) in [7, 11) is 1.60. The molecule has 1 saturated heterocycles. The van der Waals surface area contributed by atoms with Gasteiger partial charge in [-0.3, -0.25) is 9.59 Å². The quantitative estimate of drug-likeness (QED) is 0.895. The van der Waals surface area contributed by atoms with E-state index in [1.807, 2.05) is 24.3 Å². The molecule has 1 N–H and O–H groups in total. The van der Waals surface area contributed by atoms with E-state index < -0.39 is 6.04 Å². The highest BCUT2D eigenvalue weighted by atomic mass is 19.1. The first kappa shape index (κ1) is 17.9. The number of amides is 2. The Labute approximate surface area is 151 Å². The van der Waals surface area contributed by atoms with Crippen molar-refractivity contribution in [3.8, 4) is 5.75 Å². The van der Waals surface area contributed by atoms with Crippen molar-refractivity contribution >= 4 is 11.8 Å². The zero-order valence-corrected chi connectivity index (χ0v) is 14.6. The number of carbonyl (C=O) groups excluding carboxylic acids is 2. The normalized spacial score (nSPS) is 16.9. The molecule has 1 aliphatic heterocycles. The van der Waals surface area contributed by atoms with E-state index >= 15 is 0 Å². The Morgan fingerprint density at radius 1 is 1.27 bits per heavy atom. The number of rotatable bonds is 5. The second-order valence-corrected chi connectivity index (χ2v) is 6.18. The summed E-state index contributed by atoms with van der Waals surface area (Å²) in [4.78, 5) is 26.7. The molecule has 26 heavy (non-hydrogen) atoms. The van der Waals surface area contributed by atoms with E-state index in [1.54, 1.807) is 24.1 Å². The van der Waals surface area contributed by atoms with Gasteiger partial charge in [0.1, 0.15) is 17.6 Å². The molecule has 6 heteroatoms. The summed E-state index contributed by atoms with van der Waals surface area (Å²) in [5.74, 6) is 0.0342. The molecule has 3 rings (SSSR count). The molecule has 0 bridgehead atoms. The average Bonchev–Trinajstić information content (AvgIpc) is 2.67. The highest BCUT2D eigenvalue weighted by Crippen LogP contribution is 2.25. The number of nitrogens with zero attached hydrogens (tertiary/aromatic N) is 1. The van der Waals surface area contributed by atoms with E-state index in [-0.39, 0.29) is 24.1 Å². The Bertz CT molecular complexity index is 792. The van der Waals surface area contributed by atoms with Crippen LogP contribution >= 0.6 is 0 Å². The van der Waals surface area contributed by atoms with Crippen molar-refractivity contribution in [3.63, 3.8) is 0 Å². The van der Waals surface area contributed by atoms with Crippen LogP contribution in [-0.4, -0.2) is 36.9 Å². The van der Waals surface area contributed by atoms with Gasteiger partial charge >= 0.3 is 0 Å². The lowest BCUT2D eigenvalue weighted by Gasteiger charge is -2.35. The molecule has 1 atom stereocenters. The number of ether oxygens (including phenoxy) is 1. The van der Waals surface area contributed by atoms with Gasteiger partial charge in [0.05, 0.1) is 7.11 Å². The predicted molar refractivity (Wildman–Crippen MR) is 95.2 cm³/mol. The number of benzene rings is 2. The van der Waals surface area contributed by atoms with E-state index in [1.165, 1.54) is 12.1 Å². The van der Waals surface area contributed by atoms with Gasteiger partial charge in [-0.15, -0.1) is 0 Å². The zero-order valence-electron chi connectivity index (χ0n) is 14.6. The van der Waals surface area contributed by atoms with Crippen LogP contribution in [0.5, 0.6) is 5.75 Å². The standard InChI is InChI=1S/C20H21FN2O3/c1-26-17-4-2-3-14(13-17)5-10-18(24)23-12-11-22-20(25)19(23)15-6-8-16(21)9-7-15/h2-4,6-9,13,19H,5,10-12H2,1H3,(H,22,25). The molecule has 1 unspecified atom stereocenters. The smallest absolute Gasteiger partial charge is 0.247 e. The first-order chi connectivity index (χ1) is 12.6. The fourth-order valence-electron chi connectivity index (χ4n) is 3.13. The second-order valence-electron chi connectivity index (χ2n) is 6.18. The largest absolute Gasteiger partial charge is 0.497 e. The lowest BCUT2D eigenvalue weighted by Crippen LogP contribution is -2.52. The zero-order chi connectivity index (χ0) is 18.5. The van der Waals surface area contributed by atoms with E-state index in [0.717, 1.165) is 11.3 Å². The van der Waals surface area contributed by atoms with Crippen LogP contribution in [0.2, 0.25) is 0 Å². The molecule has 1 aliphatic rings. The predicted octanol–water partition coefficient (Wildman–Crippen LogP) is 2.47. The number of halogens is 1. The van der Waals surface area contributed by atoms with E-state index in [9.17, 15) is 14.0 Å². The van der Waals surface area contributed by atoms with Crippen molar-refractivity contribution in [1.29, 1.82) is 0 Å². The number of aryl methyl sites for hydroxylation is 1. The molecule has 2 aromatic rings. The molecule has 0 aliphatic carbocycles. The van der Waals surface area contributed by atoms with Gasteiger partial charge in [0.25, 0.3) is 0 Å². The van der Waals surface area contributed by atoms with Gasteiger partial charge in [0.15, 0.2) is 0 Å². The van der Waals surface area contributed by atoms with Crippen molar-refractivity contribution in [2.24, 2.45) is 0 Å². The Hall–Kier alpha value is -2.89. The molecular formula is C20H21FN2O3. The minimum atomic E-state index is -0.720. The number of carbonyl (C=O) groups is 2. The van der Waals surface area contributed by atoms with Crippen molar-refractivity contribution < 1.29 is 18.7 Å². The SMILES string of the molecule is COc1cccc(CCC(=O)N2CCNC(=O)C2c2ccc(F)cc2)c1. The highest BCUT2D eigenvalue weighted by Gasteiger charge is 2.33. The third kappa shape index (κ3) is 4.02. The Balaban J connectivity index is 1.73. The van der Waals surface area contributed by atoms with Crippen LogP contribution in [0.15, 0.2) is 48.5 Å². The highest BCUT2D eigenvalue weighted by molar-refractivity contribution is 5.89. The lowest BCUT2D eigenvalue weighted by atomic mass is 10.0. The van der Waals surface area contributed by atoms with Crippen molar-refractivity contribution in [1.82, 2.24) is 10.2 Å². The molecule has 0 saturated carbocycles. The average molecular weight is 356 g/mol. The lowest BCUT2D eigenvalue weighted by molar-refractivity contribution is -0.143. The van der Waals surface area contributed by atoms with Crippen LogP contribution in [0.4, 0.5) is 4.39 Å². The molecule has 0 radical (unpaired) electrons. The number of hydrogen-bond donors (Lipinski definition) is 1. The van der Waals surface area contributed by atoms with Crippen molar-refractivity contribution in [3.05, 3.63) is 65.5 Å². The second kappa shape index (κ2) is 7.99. The number of nitrogens with one attached hydrogen (secondary N) is 1. The fraction of sp³-hybridized carbons (Fsp3) is 0.300. The minimum Gasteiger partial charge on any atom is -0.497 e. The van der Waals surface area contributed by atoms with Gasteiger partial charge in [-0.2, -0.15) is 0 Å². The summed E-state index contributed by atoms with van der Waals surface area (Å²) in [6, 6.07) is 12.6. The minimum absolute atomic E-state index is 0.100. The maximum atomic E-state index is 13.2. The molecule has 1 heterocycles. The fourth-order valence-corrected chi connectivity index (χ4v) is 3.13. The Morgan fingerprint density at radius 2 is 2.04 bits per heavy atom. The first-order valence-corrected chi connectivity index (χ1v) is 8.54. The monoisotopic (exact) mass is 356 g/mol. The molecular weight excluding hydrogens is 335 g/mol. The third-order valence-corrected chi connectivity index (χ3v) is 4.48. The molecule has 2 amide bonds. The van der Waals surface area contributed by atoms with E-state index in [4.69, 9.17) is 4.74 Å². The van der Waals surface area contributed by atoms with Crippen LogP contribution in [-0.2, 0) is 16.0 Å². The topological polar surface area (TPSA) is 58.6 Å². The maximum Gasteiger partial charge on any atom is 0.247 e. The molecule has 0 aromatic heterocycles. The number of piperazine rings is 1. The van der Waals surface area contributed by atoms with E-state index in [0.29, 0.717) is 25.1 Å². The molecule has 136 valence electrons. The van der Waals surface area contributed by atoms with Gasteiger partial charge in [-0.1, -0.05) is 24.3 Å². The van der Waals surface area contributed by atoms with Crippen molar-refractivity contribution in [2.75, 3.05) is 20.2 Å². The molecule has 5 nitrogen and oxygen atoms in total. The van der Waals surface area contributed by atoms with Crippen LogP contribution in [0.25, 0.3) is 0 Å². The molecule has 2 aromatic carbocycles. The Kier molecular flexibility index (Phi) is 5.51. The summed E-state index contributed by atoms with van der Waals surface area (Å²) in [6.45, 7) is 0.853. The molecule has 0 spiro atoms. The maximum absolute atomic E-state index is 13.2. The first-order valence-electron chi connectivity index (χ1n) is 8.54. The van der Waals surface area contributed by atoms with Gasteiger partial charge in [0, 0.05) is 19.5 Å². The van der Waals surface area contributed by atoms with Crippen LogP contribution in [0.1, 0.15) is 23.6 Å². The van der Waals surface area contributed by atoms with Crippen LogP contribution < -0.4 is 10.1 Å². The molecule has 1 fully saturated rings. The Morgan fingerprint density at radius 3 is 2.77 bits per heavy atom.